The third-order valence-corrected chi connectivity index (χ3v) is 8.81. The Balaban J connectivity index is 1.49. The van der Waals surface area contributed by atoms with Crippen LogP contribution in [-0.4, -0.2) is 45.9 Å². The summed E-state index contributed by atoms with van der Waals surface area (Å²) in [4.78, 5) is 12.9. The van der Waals surface area contributed by atoms with Gasteiger partial charge in [0.15, 0.2) is 11.5 Å². The first kappa shape index (κ1) is 22.0. The number of nitrogens with one attached hydrogen (secondary N) is 1. The van der Waals surface area contributed by atoms with Gasteiger partial charge in [0.05, 0.1) is 12.0 Å². The first-order valence-corrected chi connectivity index (χ1v) is 12.6. The van der Waals surface area contributed by atoms with E-state index in [2.05, 4.69) is 5.32 Å². The average molecular weight is 469 g/mol. The minimum absolute atomic E-state index is 0.142. The molecule has 2 bridgehead atoms. The normalized spacial score (nSPS) is 24.9. The Kier molecular flexibility index (Phi) is 5.45. The number of fused-ring (bicyclic) bond motifs is 3. The summed E-state index contributed by atoms with van der Waals surface area (Å²) >= 11 is 0. The molecule has 33 heavy (non-hydrogen) atoms. The molecule has 0 unspecified atom stereocenters. The van der Waals surface area contributed by atoms with E-state index in [1.165, 1.54) is 39.4 Å². The number of anilines is 1. The van der Waals surface area contributed by atoms with Gasteiger partial charge in [0.25, 0.3) is 5.91 Å². The third-order valence-electron chi connectivity index (χ3n) is 7.00. The number of nitrogens with zero attached hydrogens (tertiary/aromatic N) is 1. The minimum atomic E-state index is -3.62. The molecule has 3 atom stereocenters. The molecule has 0 aromatic heterocycles. The van der Waals surface area contributed by atoms with Crippen molar-refractivity contribution >= 4 is 33.3 Å². The van der Waals surface area contributed by atoms with E-state index in [0.717, 1.165) is 22.2 Å². The van der Waals surface area contributed by atoms with E-state index in [0.29, 0.717) is 34.2 Å². The molecule has 3 aliphatic rings. The molecule has 1 heterocycles. The van der Waals surface area contributed by atoms with Crippen LogP contribution in [-0.2, 0) is 14.8 Å². The minimum Gasteiger partial charge on any atom is -0.493 e. The topological polar surface area (TPSA) is 84.9 Å². The maximum Gasteiger partial charge on any atom is 0.256 e. The van der Waals surface area contributed by atoms with Crippen molar-refractivity contribution in [2.75, 3.05) is 26.5 Å². The van der Waals surface area contributed by atoms with Crippen LogP contribution in [0.4, 0.5) is 5.69 Å². The Bertz CT molecular complexity index is 1250. The number of carbonyl (C=O) groups is 1. The number of hydrogen-bond donors (Lipinski definition) is 1. The Morgan fingerprint density at radius 3 is 2.55 bits per heavy atom. The largest absolute Gasteiger partial charge is 0.493 e. The molecule has 8 heteroatoms. The van der Waals surface area contributed by atoms with Crippen molar-refractivity contribution < 1.29 is 22.7 Å². The van der Waals surface area contributed by atoms with Gasteiger partial charge in [-0.2, -0.15) is 0 Å². The predicted octanol–water partition coefficient (Wildman–Crippen LogP) is 4.01. The highest BCUT2D eigenvalue weighted by atomic mass is 32.2. The molecule has 2 aliphatic carbocycles. The van der Waals surface area contributed by atoms with Gasteiger partial charge in [-0.05, 0) is 79.5 Å². The maximum atomic E-state index is 12.7. The number of carbonyl (C=O) groups excluding carboxylic acids is 1. The van der Waals surface area contributed by atoms with Crippen molar-refractivity contribution in [3.63, 3.8) is 0 Å². The number of benzene rings is 2. The summed E-state index contributed by atoms with van der Waals surface area (Å²) in [6.45, 7) is 0. The highest BCUT2D eigenvalue weighted by molar-refractivity contribution is 7.89. The summed E-state index contributed by atoms with van der Waals surface area (Å²) < 4.78 is 38.2. The molecule has 2 saturated carbocycles. The van der Waals surface area contributed by atoms with Gasteiger partial charge >= 0.3 is 0 Å². The van der Waals surface area contributed by atoms with Crippen molar-refractivity contribution in [2.24, 2.45) is 11.8 Å². The Morgan fingerprint density at radius 1 is 1.06 bits per heavy atom. The lowest BCUT2D eigenvalue weighted by Crippen LogP contribution is -2.23. The average Bonchev–Trinajstić information content (AvgIpc) is 3.48. The second-order valence-corrected chi connectivity index (χ2v) is 11.4. The third kappa shape index (κ3) is 3.91. The van der Waals surface area contributed by atoms with E-state index in [9.17, 15) is 13.2 Å². The second kappa shape index (κ2) is 8.18. The van der Waals surface area contributed by atoms with Gasteiger partial charge in [0.2, 0.25) is 10.0 Å². The Morgan fingerprint density at radius 2 is 1.88 bits per heavy atom. The Labute approximate surface area is 194 Å². The molecule has 174 valence electrons. The zero-order valence-electron chi connectivity index (χ0n) is 19.0. The van der Waals surface area contributed by atoms with Crippen LogP contribution in [0.25, 0.3) is 11.6 Å². The molecule has 0 saturated heterocycles. The molecule has 2 aromatic carbocycles. The molecular formula is C25H28N2O5S. The van der Waals surface area contributed by atoms with E-state index in [1.54, 1.807) is 25.3 Å². The first-order chi connectivity index (χ1) is 15.8. The van der Waals surface area contributed by atoms with Crippen molar-refractivity contribution in [1.82, 2.24) is 4.31 Å². The van der Waals surface area contributed by atoms with E-state index in [-0.39, 0.29) is 16.9 Å². The van der Waals surface area contributed by atoms with E-state index < -0.39 is 10.0 Å². The highest BCUT2D eigenvalue weighted by Gasteiger charge is 2.41. The number of ether oxygens (including phenoxy) is 2. The van der Waals surface area contributed by atoms with Crippen molar-refractivity contribution in [3.05, 3.63) is 47.5 Å². The SMILES string of the molecule is COc1ccc(/C=C2/C(=O)Nc3ccc(S(=O)(=O)N(C)C)cc32)cc1O[C@H]1C[C@@H]2CC[C@H]1C2. The molecule has 7 nitrogen and oxygen atoms in total. The number of methoxy groups -OCH3 is 1. The lowest BCUT2D eigenvalue weighted by molar-refractivity contribution is -0.110. The van der Waals surface area contributed by atoms with Crippen LogP contribution in [0.15, 0.2) is 41.3 Å². The number of hydrogen-bond acceptors (Lipinski definition) is 5. The molecule has 2 fully saturated rings. The predicted molar refractivity (Wildman–Crippen MR) is 127 cm³/mol. The first-order valence-electron chi connectivity index (χ1n) is 11.2. The number of rotatable bonds is 6. The van der Waals surface area contributed by atoms with Crippen molar-refractivity contribution in [1.29, 1.82) is 0 Å². The van der Waals surface area contributed by atoms with Crippen molar-refractivity contribution in [3.8, 4) is 11.5 Å². The van der Waals surface area contributed by atoms with E-state index >= 15 is 0 Å². The molecule has 0 radical (unpaired) electrons. The van der Waals surface area contributed by atoms with Crippen LogP contribution in [0.5, 0.6) is 11.5 Å². The molecule has 1 N–H and O–H groups in total. The summed E-state index contributed by atoms with van der Waals surface area (Å²) in [5, 5.41) is 2.82. The van der Waals surface area contributed by atoms with Crippen LogP contribution >= 0.6 is 0 Å². The van der Waals surface area contributed by atoms with Crippen LogP contribution in [0.1, 0.15) is 36.8 Å². The fourth-order valence-corrected chi connectivity index (χ4v) is 6.15. The van der Waals surface area contributed by atoms with Crippen LogP contribution in [0, 0.1) is 11.8 Å². The van der Waals surface area contributed by atoms with Gasteiger partial charge < -0.3 is 14.8 Å². The maximum absolute atomic E-state index is 12.7. The molecule has 5 rings (SSSR count). The lowest BCUT2D eigenvalue weighted by atomic mass is 9.97. The van der Waals surface area contributed by atoms with E-state index in [1.807, 2.05) is 18.2 Å². The van der Waals surface area contributed by atoms with Gasteiger partial charge in [-0.1, -0.05) is 6.07 Å². The summed E-state index contributed by atoms with van der Waals surface area (Å²) in [5.74, 6) is 2.44. The smallest absolute Gasteiger partial charge is 0.256 e. The molecular weight excluding hydrogens is 440 g/mol. The summed E-state index contributed by atoms with van der Waals surface area (Å²) in [7, 11) is 0.972. The molecule has 1 aliphatic heterocycles. The zero-order chi connectivity index (χ0) is 23.3. The van der Waals surface area contributed by atoms with Gasteiger partial charge in [-0.3, -0.25) is 4.79 Å². The molecule has 2 aromatic rings. The van der Waals surface area contributed by atoms with Gasteiger partial charge in [-0.15, -0.1) is 0 Å². The summed E-state index contributed by atoms with van der Waals surface area (Å²) in [6.07, 6.45) is 6.81. The quantitative estimate of drug-likeness (QED) is 0.648. The van der Waals surface area contributed by atoms with Gasteiger partial charge in [-0.25, -0.2) is 12.7 Å². The molecule has 0 spiro atoms. The highest BCUT2D eigenvalue weighted by Crippen LogP contribution is 2.47. The summed E-state index contributed by atoms with van der Waals surface area (Å²) in [6, 6.07) is 10.3. The lowest BCUT2D eigenvalue weighted by Gasteiger charge is -2.24. The molecule has 1 amide bonds. The summed E-state index contributed by atoms with van der Waals surface area (Å²) in [5.41, 5.74) is 2.36. The number of sulfonamides is 1. The Hall–Kier alpha value is -2.84. The van der Waals surface area contributed by atoms with Gasteiger partial charge in [0, 0.05) is 30.9 Å². The second-order valence-electron chi connectivity index (χ2n) is 9.25. The fourth-order valence-electron chi connectivity index (χ4n) is 5.22. The van der Waals surface area contributed by atoms with Crippen molar-refractivity contribution in [2.45, 2.75) is 36.7 Å². The van der Waals surface area contributed by atoms with Gasteiger partial charge in [0.1, 0.15) is 6.10 Å². The monoisotopic (exact) mass is 468 g/mol. The van der Waals surface area contributed by atoms with Crippen LogP contribution in [0.3, 0.4) is 0 Å². The van der Waals surface area contributed by atoms with E-state index in [4.69, 9.17) is 9.47 Å². The van der Waals surface area contributed by atoms with Crippen LogP contribution in [0.2, 0.25) is 0 Å². The fraction of sp³-hybridized carbons (Fsp3) is 0.400. The standard InChI is InChI=1S/C25H28N2O5S/c1-27(2)33(29,30)18-7-8-21-19(14-18)20(25(28)26-21)11-16-5-9-22(31-3)24(13-16)32-23-12-15-4-6-17(23)10-15/h5,7-9,11,13-15,17,23H,4,6,10,12H2,1-3H3,(H,26,28)/b20-11+/t15-,17+,23+/m1/s1. The van der Waals surface area contributed by atoms with Crippen LogP contribution < -0.4 is 14.8 Å². The zero-order valence-corrected chi connectivity index (χ0v) is 19.8. The number of amides is 1.